The highest BCUT2D eigenvalue weighted by Gasteiger charge is 2.28. The Balaban J connectivity index is 1.73. The van der Waals surface area contributed by atoms with Gasteiger partial charge in [-0.15, -0.1) is 11.3 Å². The van der Waals surface area contributed by atoms with Gasteiger partial charge in [-0.3, -0.25) is 4.79 Å². The van der Waals surface area contributed by atoms with E-state index in [2.05, 4.69) is 12.2 Å². The number of fused-ring (bicyclic) bond motifs is 1. The van der Waals surface area contributed by atoms with Crippen molar-refractivity contribution in [3.05, 3.63) is 16.0 Å². The van der Waals surface area contributed by atoms with E-state index in [1.54, 1.807) is 11.3 Å². The molecule has 0 bridgehead atoms. The lowest BCUT2D eigenvalue weighted by molar-refractivity contribution is -0.900. The van der Waals surface area contributed by atoms with Crippen LogP contribution in [0.25, 0.3) is 0 Å². The van der Waals surface area contributed by atoms with Crippen molar-refractivity contribution >= 4 is 28.2 Å². The summed E-state index contributed by atoms with van der Waals surface area (Å²) >= 11 is 1.57. The molecule has 2 heterocycles. The maximum absolute atomic E-state index is 12.6. The molecule has 2 atom stereocenters. The number of anilines is 1. The fourth-order valence-electron chi connectivity index (χ4n) is 4.03. The average molecular weight is 366 g/mol. The zero-order valence-corrected chi connectivity index (χ0v) is 16.1. The fourth-order valence-corrected chi connectivity index (χ4v) is 5.32. The number of rotatable bonds is 5. The molecule has 5 nitrogen and oxygen atoms in total. The lowest BCUT2D eigenvalue weighted by Crippen LogP contribution is -3.14. The topological polar surface area (TPSA) is 59.8 Å². The maximum Gasteiger partial charge on any atom is 0.341 e. The van der Waals surface area contributed by atoms with Crippen LogP contribution in [0.2, 0.25) is 0 Å². The van der Waals surface area contributed by atoms with Crippen molar-refractivity contribution in [3.8, 4) is 0 Å². The summed E-state index contributed by atoms with van der Waals surface area (Å²) in [6.07, 6.45) is 6.60. The van der Waals surface area contributed by atoms with Gasteiger partial charge in [0, 0.05) is 10.8 Å². The van der Waals surface area contributed by atoms with E-state index in [4.69, 9.17) is 4.74 Å². The summed E-state index contributed by atoms with van der Waals surface area (Å²) in [7, 11) is 0. The Hall–Kier alpha value is -1.40. The van der Waals surface area contributed by atoms with E-state index in [9.17, 15) is 9.59 Å². The highest BCUT2D eigenvalue weighted by atomic mass is 32.1. The Morgan fingerprint density at radius 1 is 1.28 bits per heavy atom. The molecule has 1 fully saturated rings. The third-order valence-electron chi connectivity index (χ3n) is 5.18. The summed E-state index contributed by atoms with van der Waals surface area (Å²) in [5.74, 6) is 0.394. The molecule has 1 aromatic rings. The first kappa shape index (κ1) is 18.4. The number of likely N-dealkylation sites (tertiary alicyclic amines) is 1. The number of quaternary nitrogens is 1. The lowest BCUT2D eigenvalue weighted by atomic mass is 9.95. The number of esters is 1. The van der Waals surface area contributed by atoms with Crippen molar-refractivity contribution < 1.29 is 19.2 Å². The van der Waals surface area contributed by atoms with Gasteiger partial charge in [-0.05, 0) is 51.0 Å². The van der Waals surface area contributed by atoms with Gasteiger partial charge in [-0.1, -0.05) is 6.92 Å². The van der Waals surface area contributed by atoms with Crippen molar-refractivity contribution in [2.75, 3.05) is 31.6 Å². The number of hydrogen-bond acceptors (Lipinski definition) is 4. The minimum atomic E-state index is -0.295. The molecule has 0 radical (unpaired) electrons. The van der Waals surface area contributed by atoms with Crippen molar-refractivity contribution in [1.29, 1.82) is 0 Å². The molecule has 0 saturated carbocycles. The molecule has 1 aromatic heterocycles. The quantitative estimate of drug-likeness (QED) is 0.785. The fraction of sp³-hybridized carbons (Fsp3) is 0.684. The average Bonchev–Trinajstić information content (AvgIpc) is 2.92. The highest BCUT2D eigenvalue weighted by Crippen LogP contribution is 2.38. The standard InChI is InChI=1S/C19H28N2O3S/c1-3-24-19(23)17-14-8-4-5-9-15(14)25-18(17)20-16(22)12-21-10-6-7-13(2)11-21/h13H,3-12H2,1-2H3,(H,20,22)/p+1/t13-/m0/s1. The number of carbonyl (C=O) groups is 2. The molecule has 25 heavy (non-hydrogen) atoms. The van der Waals surface area contributed by atoms with Gasteiger partial charge in [0.05, 0.1) is 25.3 Å². The van der Waals surface area contributed by atoms with Crippen LogP contribution in [0.15, 0.2) is 0 Å². The predicted molar refractivity (Wildman–Crippen MR) is 99.5 cm³/mol. The first-order chi connectivity index (χ1) is 12.1. The van der Waals surface area contributed by atoms with Crippen LogP contribution in [-0.4, -0.2) is 38.1 Å². The van der Waals surface area contributed by atoms with Gasteiger partial charge in [0.1, 0.15) is 5.00 Å². The zero-order chi connectivity index (χ0) is 17.8. The summed E-state index contributed by atoms with van der Waals surface area (Å²) in [6, 6.07) is 0. The molecule has 0 spiro atoms. The van der Waals surface area contributed by atoms with Crippen molar-refractivity contribution in [1.82, 2.24) is 0 Å². The van der Waals surface area contributed by atoms with Gasteiger partial charge in [0.15, 0.2) is 6.54 Å². The summed E-state index contributed by atoms with van der Waals surface area (Å²) in [5.41, 5.74) is 1.71. The minimum absolute atomic E-state index is 0.00763. The predicted octanol–water partition coefficient (Wildman–Crippen LogP) is 2.06. The van der Waals surface area contributed by atoms with Gasteiger partial charge >= 0.3 is 5.97 Å². The van der Waals surface area contributed by atoms with E-state index in [1.165, 1.54) is 22.6 Å². The van der Waals surface area contributed by atoms with Crippen LogP contribution in [0, 0.1) is 5.92 Å². The summed E-state index contributed by atoms with van der Waals surface area (Å²) < 4.78 is 5.25. The Kier molecular flexibility index (Phi) is 6.12. The minimum Gasteiger partial charge on any atom is -0.462 e. The molecular formula is C19H29N2O3S+. The summed E-state index contributed by atoms with van der Waals surface area (Å²) in [6.45, 7) is 7.02. The van der Waals surface area contributed by atoms with Gasteiger partial charge in [-0.2, -0.15) is 0 Å². The zero-order valence-electron chi connectivity index (χ0n) is 15.3. The van der Waals surface area contributed by atoms with Crippen LogP contribution < -0.4 is 10.2 Å². The van der Waals surface area contributed by atoms with Gasteiger partial charge in [-0.25, -0.2) is 4.79 Å². The molecule has 2 aliphatic rings. The molecule has 3 rings (SSSR count). The Morgan fingerprint density at radius 3 is 2.84 bits per heavy atom. The molecule has 1 aliphatic heterocycles. The second-order valence-corrected chi connectivity index (χ2v) is 8.42. The normalized spacial score (nSPS) is 23.0. The molecule has 1 saturated heterocycles. The third kappa shape index (κ3) is 4.42. The number of aryl methyl sites for hydroxylation is 1. The first-order valence-electron chi connectivity index (χ1n) is 9.53. The summed E-state index contributed by atoms with van der Waals surface area (Å²) in [4.78, 5) is 27.6. The second kappa shape index (κ2) is 8.32. The van der Waals surface area contributed by atoms with E-state index in [1.807, 2.05) is 6.92 Å². The number of piperidine rings is 1. The molecular weight excluding hydrogens is 336 g/mol. The lowest BCUT2D eigenvalue weighted by Gasteiger charge is -2.27. The number of carbonyl (C=O) groups excluding carboxylic acids is 2. The molecule has 2 N–H and O–H groups in total. The van der Waals surface area contributed by atoms with Crippen LogP contribution in [-0.2, 0) is 22.4 Å². The number of amides is 1. The smallest absolute Gasteiger partial charge is 0.341 e. The van der Waals surface area contributed by atoms with Gasteiger partial charge < -0.3 is 15.0 Å². The maximum atomic E-state index is 12.6. The number of hydrogen-bond donors (Lipinski definition) is 2. The molecule has 6 heteroatoms. The van der Waals surface area contributed by atoms with E-state index in [0.29, 0.717) is 29.6 Å². The van der Waals surface area contributed by atoms with Gasteiger partial charge in [0.25, 0.3) is 5.91 Å². The largest absolute Gasteiger partial charge is 0.462 e. The number of thiophene rings is 1. The van der Waals surface area contributed by atoms with Crippen molar-refractivity contribution in [2.24, 2.45) is 5.92 Å². The highest BCUT2D eigenvalue weighted by molar-refractivity contribution is 7.17. The van der Waals surface area contributed by atoms with Crippen LogP contribution in [0.4, 0.5) is 5.00 Å². The van der Waals surface area contributed by atoms with Crippen LogP contribution in [0.3, 0.4) is 0 Å². The molecule has 1 amide bonds. The van der Waals surface area contributed by atoms with Crippen molar-refractivity contribution in [3.63, 3.8) is 0 Å². The Labute approximate surface area is 153 Å². The number of ether oxygens (including phenoxy) is 1. The molecule has 138 valence electrons. The van der Waals surface area contributed by atoms with E-state index >= 15 is 0 Å². The molecule has 1 unspecified atom stereocenters. The van der Waals surface area contributed by atoms with Crippen LogP contribution in [0.1, 0.15) is 60.3 Å². The van der Waals surface area contributed by atoms with Crippen LogP contribution >= 0.6 is 11.3 Å². The van der Waals surface area contributed by atoms with Crippen LogP contribution in [0.5, 0.6) is 0 Å². The first-order valence-corrected chi connectivity index (χ1v) is 10.3. The van der Waals surface area contributed by atoms with Gasteiger partial charge in [0.2, 0.25) is 0 Å². The molecule has 0 aromatic carbocycles. The van der Waals surface area contributed by atoms with E-state index in [0.717, 1.165) is 44.3 Å². The van der Waals surface area contributed by atoms with E-state index < -0.39 is 0 Å². The monoisotopic (exact) mass is 365 g/mol. The third-order valence-corrected chi connectivity index (χ3v) is 6.39. The second-order valence-electron chi connectivity index (χ2n) is 7.31. The number of nitrogens with one attached hydrogen (secondary N) is 2. The SMILES string of the molecule is CCOC(=O)c1c(NC(=O)C[NH+]2CCC[C@H](C)C2)sc2c1CCCC2. The van der Waals surface area contributed by atoms with E-state index in [-0.39, 0.29) is 11.9 Å². The Morgan fingerprint density at radius 2 is 2.08 bits per heavy atom. The molecule has 1 aliphatic carbocycles. The Bertz CT molecular complexity index is 641. The summed E-state index contributed by atoms with van der Waals surface area (Å²) in [5, 5.41) is 3.72. The van der Waals surface area contributed by atoms with Crippen molar-refractivity contribution in [2.45, 2.75) is 52.4 Å².